The summed E-state index contributed by atoms with van der Waals surface area (Å²) in [4.78, 5) is 22.7. The van der Waals surface area contributed by atoms with E-state index in [2.05, 4.69) is 9.88 Å². The van der Waals surface area contributed by atoms with Gasteiger partial charge in [0.05, 0.1) is 18.2 Å². The number of ether oxygens (including phenoxy) is 1. The van der Waals surface area contributed by atoms with Gasteiger partial charge in [0.2, 0.25) is 5.91 Å². The molecule has 128 valence electrons. The van der Waals surface area contributed by atoms with Crippen molar-refractivity contribution >= 4 is 17.2 Å². The molecule has 0 spiro atoms. The molecule has 0 bridgehead atoms. The summed E-state index contributed by atoms with van der Waals surface area (Å²) < 4.78 is 5.38. The Kier molecular flexibility index (Phi) is 5.60. The van der Waals surface area contributed by atoms with Gasteiger partial charge >= 0.3 is 0 Å². The number of hydrogen-bond donors (Lipinski definition) is 0. The third kappa shape index (κ3) is 4.01. The fourth-order valence-corrected chi connectivity index (χ4v) is 3.85. The van der Waals surface area contributed by atoms with Gasteiger partial charge in [0.15, 0.2) is 0 Å². The van der Waals surface area contributed by atoms with E-state index in [-0.39, 0.29) is 11.9 Å². The van der Waals surface area contributed by atoms with Crippen molar-refractivity contribution in [2.75, 3.05) is 33.4 Å². The molecule has 0 saturated carbocycles. The number of carbonyl (C=O) groups is 1. The molecule has 1 aliphatic rings. The lowest BCUT2D eigenvalue weighted by molar-refractivity contribution is -0.141. The van der Waals surface area contributed by atoms with E-state index in [9.17, 15) is 4.79 Å². The molecule has 0 aliphatic carbocycles. The quantitative estimate of drug-likeness (QED) is 0.835. The van der Waals surface area contributed by atoms with Crippen LogP contribution >= 0.6 is 11.3 Å². The highest BCUT2D eigenvalue weighted by Crippen LogP contribution is 2.25. The molecular formula is C18H23N3O2S. The summed E-state index contributed by atoms with van der Waals surface area (Å²) in [7, 11) is 2.01. The van der Waals surface area contributed by atoms with Crippen molar-refractivity contribution in [2.24, 2.45) is 0 Å². The number of nitrogens with zero attached hydrogens (tertiary/aromatic N) is 3. The van der Waals surface area contributed by atoms with Gasteiger partial charge in [-0.3, -0.25) is 9.69 Å². The number of aryl methyl sites for hydroxylation is 1. The second-order valence-electron chi connectivity index (χ2n) is 6.01. The van der Waals surface area contributed by atoms with Crippen LogP contribution < -0.4 is 0 Å². The summed E-state index contributed by atoms with van der Waals surface area (Å²) in [5.41, 5.74) is 1.03. The average molecular weight is 345 g/mol. The molecule has 2 heterocycles. The third-order valence-corrected chi connectivity index (χ3v) is 5.08. The molecule has 5 nitrogen and oxygen atoms in total. The van der Waals surface area contributed by atoms with E-state index < -0.39 is 0 Å². The summed E-state index contributed by atoms with van der Waals surface area (Å²) in [5.74, 6) is 0.147. The predicted molar refractivity (Wildman–Crippen MR) is 94.9 cm³/mol. The molecule has 1 aliphatic heterocycles. The number of thiazole rings is 1. The summed E-state index contributed by atoms with van der Waals surface area (Å²) in [6, 6.07) is 9.71. The molecule has 24 heavy (non-hydrogen) atoms. The maximum absolute atomic E-state index is 13.2. The van der Waals surface area contributed by atoms with Gasteiger partial charge in [0.25, 0.3) is 0 Å². The van der Waals surface area contributed by atoms with Crippen LogP contribution in [0.3, 0.4) is 0 Å². The fraction of sp³-hybridized carbons (Fsp3) is 0.444. The Morgan fingerprint density at radius 3 is 2.67 bits per heavy atom. The number of carbonyl (C=O) groups excluding carboxylic acids is 1. The average Bonchev–Trinajstić information content (AvgIpc) is 3.01. The molecule has 6 heteroatoms. The summed E-state index contributed by atoms with van der Waals surface area (Å²) in [6.07, 6.45) is 1.90. The zero-order valence-corrected chi connectivity index (χ0v) is 15.0. The molecule has 0 N–H and O–H groups in total. The van der Waals surface area contributed by atoms with Crippen molar-refractivity contribution < 1.29 is 9.53 Å². The Morgan fingerprint density at radius 2 is 2.04 bits per heavy atom. The Hall–Kier alpha value is -1.76. The summed E-state index contributed by atoms with van der Waals surface area (Å²) in [5, 5.41) is 1.05. The Balaban J connectivity index is 1.82. The minimum absolute atomic E-state index is 0.147. The van der Waals surface area contributed by atoms with Crippen molar-refractivity contribution in [3.05, 3.63) is 52.0 Å². The number of rotatable bonds is 5. The first-order valence-corrected chi connectivity index (χ1v) is 9.00. The van der Waals surface area contributed by atoms with Gasteiger partial charge in [0.1, 0.15) is 6.04 Å². The highest BCUT2D eigenvalue weighted by molar-refractivity contribution is 7.11. The van der Waals surface area contributed by atoms with E-state index in [4.69, 9.17) is 4.74 Å². The monoisotopic (exact) mass is 345 g/mol. The van der Waals surface area contributed by atoms with Crippen molar-refractivity contribution in [1.29, 1.82) is 0 Å². The maximum Gasteiger partial charge on any atom is 0.244 e. The van der Waals surface area contributed by atoms with Crippen LogP contribution in [0.5, 0.6) is 0 Å². The standard InChI is InChI=1S/C18H23N3O2S/c1-14-19-12-16(24-14)13-20(2)17(15-6-4-3-5-7-15)18(22)21-8-10-23-11-9-21/h3-7,12,17H,8-11,13H2,1-2H3/t17-/m0/s1. The number of hydrogen-bond acceptors (Lipinski definition) is 5. The molecule has 1 aromatic carbocycles. The summed E-state index contributed by atoms with van der Waals surface area (Å²) >= 11 is 1.68. The minimum atomic E-state index is -0.285. The van der Waals surface area contributed by atoms with Gasteiger partial charge in [-0.2, -0.15) is 0 Å². The second kappa shape index (κ2) is 7.88. The van der Waals surface area contributed by atoms with Gasteiger partial charge in [-0.1, -0.05) is 30.3 Å². The highest BCUT2D eigenvalue weighted by Gasteiger charge is 2.30. The number of amides is 1. The van der Waals surface area contributed by atoms with Crippen LogP contribution in [0.1, 0.15) is 21.5 Å². The van der Waals surface area contributed by atoms with Crippen LogP contribution in [0.2, 0.25) is 0 Å². The number of likely N-dealkylation sites (N-methyl/N-ethyl adjacent to an activating group) is 1. The van der Waals surface area contributed by atoms with Crippen molar-refractivity contribution in [1.82, 2.24) is 14.8 Å². The molecule has 0 radical (unpaired) electrons. The van der Waals surface area contributed by atoms with Crippen LogP contribution in [0, 0.1) is 6.92 Å². The Labute approximate surface area is 146 Å². The molecule has 2 aromatic rings. The van der Waals surface area contributed by atoms with E-state index in [0.717, 1.165) is 10.6 Å². The molecule has 1 aromatic heterocycles. The molecule has 0 unspecified atom stereocenters. The van der Waals surface area contributed by atoms with Gasteiger partial charge in [-0.25, -0.2) is 4.98 Å². The number of morpholine rings is 1. The van der Waals surface area contributed by atoms with Crippen LogP contribution in [0.4, 0.5) is 0 Å². The lowest BCUT2D eigenvalue weighted by Crippen LogP contribution is -2.46. The van der Waals surface area contributed by atoms with Gasteiger partial charge < -0.3 is 9.64 Å². The van der Waals surface area contributed by atoms with E-state index >= 15 is 0 Å². The van der Waals surface area contributed by atoms with Gasteiger partial charge in [0, 0.05) is 30.7 Å². The zero-order chi connectivity index (χ0) is 16.9. The molecular weight excluding hydrogens is 322 g/mol. The van der Waals surface area contributed by atoms with Crippen molar-refractivity contribution in [3.8, 4) is 0 Å². The van der Waals surface area contributed by atoms with E-state index in [1.807, 2.05) is 55.4 Å². The lowest BCUT2D eigenvalue weighted by atomic mass is 10.0. The molecule has 1 saturated heterocycles. The first-order chi connectivity index (χ1) is 11.6. The number of aromatic nitrogens is 1. The van der Waals surface area contributed by atoms with Crippen molar-refractivity contribution in [3.63, 3.8) is 0 Å². The molecule has 1 fully saturated rings. The minimum Gasteiger partial charge on any atom is -0.378 e. The molecule has 1 amide bonds. The Bertz CT molecular complexity index is 668. The number of benzene rings is 1. The highest BCUT2D eigenvalue weighted by atomic mass is 32.1. The first kappa shape index (κ1) is 17.1. The summed E-state index contributed by atoms with van der Waals surface area (Å²) in [6.45, 7) is 5.27. The van der Waals surface area contributed by atoms with Gasteiger partial charge in [-0.05, 0) is 19.5 Å². The SMILES string of the molecule is Cc1ncc(CN(C)[C@H](C(=O)N2CCOCC2)c2ccccc2)s1. The normalized spacial score (nSPS) is 16.4. The Morgan fingerprint density at radius 1 is 1.33 bits per heavy atom. The predicted octanol–water partition coefficient (Wildman–Crippen LogP) is 2.48. The smallest absolute Gasteiger partial charge is 0.244 e. The molecule has 1 atom stereocenters. The second-order valence-corrected chi connectivity index (χ2v) is 7.33. The maximum atomic E-state index is 13.2. The van der Waals surface area contributed by atoms with E-state index in [0.29, 0.717) is 32.8 Å². The largest absolute Gasteiger partial charge is 0.378 e. The molecule has 3 rings (SSSR count). The van der Waals surface area contributed by atoms with Crippen LogP contribution in [-0.4, -0.2) is 54.0 Å². The zero-order valence-electron chi connectivity index (χ0n) is 14.1. The van der Waals surface area contributed by atoms with Gasteiger partial charge in [-0.15, -0.1) is 11.3 Å². The van der Waals surface area contributed by atoms with E-state index in [1.165, 1.54) is 4.88 Å². The van der Waals surface area contributed by atoms with Crippen LogP contribution in [-0.2, 0) is 16.1 Å². The van der Waals surface area contributed by atoms with Crippen LogP contribution in [0.15, 0.2) is 36.5 Å². The lowest BCUT2D eigenvalue weighted by Gasteiger charge is -2.34. The fourth-order valence-electron chi connectivity index (χ4n) is 2.99. The topological polar surface area (TPSA) is 45.7 Å². The van der Waals surface area contributed by atoms with E-state index in [1.54, 1.807) is 11.3 Å². The van der Waals surface area contributed by atoms with Crippen molar-refractivity contribution in [2.45, 2.75) is 19.5 Å². The van der Waals surface area contributed by atoms with Crippen LogP contribution in [0.25, 0.3) is 0 Å². The third-order valence-electron chi connectivity index (χ3n) is 4.19. The first-order valence-electron chi connectivity index (χ1n) is 8.18.